The third-order valence-corrected chi connectivity index (χ3v) is 3.35. The number of benzene rings is 1. The first kappa shape index (κ1) is 14.5. The largest absolute Gasteiger partial charge is 0.356 e. The molecule has 0 amide bonds. The summed E-state index contributed by atoms with van der Waals surface area (Å²) >= 11 is 5.34. The minimum absolute atomic E-state index is 0.154. The fourth-order valence-corrected chi connectivity index (χ4v) is 2.39. The highest BCUT2D eigenvalue weighted by molar-refractivity contribution is 7.80. The van der Waals surface area contributed by atoms with E-state index in [9.17, 15) is 0 Å². The molecule has 0 aliphatic heterocycles. The highest BCUT2D eigenvalue weighted by Gasteiger charge is 2.09. The number of pyridine rings is 1. The number of aryl methyl sites for hydroxylation is 2. The van der Waals surface area contributed by atoms with Crippen LogP contribution >= 0.6 is 12.2 Å². The van der Waals surface area contributed by atoms with Gasteiger partial charge in [-0.15, -0.1) is 0 Å². The van der Waals surface area contributed by atoms with Crippen LogP contribution in [-0.4, -0.2) is 10.1 Å². The Bertz CT molecular complexity index is 610. The molecule has 1 heterocycles. The second-order valence-corrected chi connectivity index (χ2v) is 5.25. The SMILES string of the molecule is Cc1cccc(NC(=S)N[C@@H](C)c2ccccc2C)n1. The summed E-state index contributed by atoms with van der Waals surface area (Å²) in [5.41, 5.74) is 3.46. The number of hydrogen-bond acceptors (Lipinski definition) is 2. The first-order valence-electron chi connectivity index (χ1n) is 6.63. The minimum Gasteiger partial charge on any atom is -0.356 e. The zero-order chi connectivity index (χ0) is 14.5. The predicted molar refractivity (Wildman–Crippen MR) is 87.9 cm³/mol. The van der Waals surface area contributed by atoms with Crippen LogP contribution in [0.3, 0.4) is 0 Å². The van der Waals surface area contributed by atoms with Crippen molar-refractivity contribution >= 4 is 23.1 Å². The maximum absolute atomic E-state index is 5.34. The highest BCUT2D eigenvalue weighted by Crippen LogP contribution is 2.16. The standard InChI is InChI=1S/C16H19N3S/c1-11-7-4-5-9-14(11)13(3)18-16(20)19-15-10-6-8-12(2)17-15/h4-10,13H,1-3H3,(H2,17,18,19,20)/t13-/m0/s1. The van der Waals surface area contributed by atoms with Gasteiger partial charge in [0.25, 0.3) is 0 Å². The van der Waals surface area contributed by atoms with Crippen LogP contribution < -0.4 is 10.6 Å². The summed E-state index contributed by atoms with van der Waals surface area (Å²) in [6.45, 7) is 6.16. The summed E-state index contributed by atoms with van der Waals surface area (Å²) in [7, 11) is 0. The lowest BCUT2D eigenvalue weighted by Gasteiger charge is -2.18. The van der Waals surface area contributed by atoms with E-state index < -0.39 is 0 Å². The number of aromatic nitrogens is 1. The minimum atomic E-state index is 0.154. The molecule has 1 aromatic heterocycles. The van der Waals surface area contributed by atoms with Crippen molar-refractivity contribution in [1.82, 2.24) is 10.3 Å². The van der Waals surface area contributed by atoms with Crippen molar-refractivity contribution in [3.05, 3.63) is 59.3 Å². The van der Waals surface area contributed by atoms with Crippen molar-refractivity contribution < 1.29 is 0 Å². The number of hydrogen-bond donors (Lipinski definition) is 2. The van der Waals surface area contributed by atoms with Crippen LogP contribution in [0.15, 0.2) is 42.5 Å². The lowest BCUT2D eigenvalue weighted by atomic mass is 10.0. The van der Waals surface area contributed by atoms with E-state index in [2.05, 4.69) is 41.6 Å². The van der Waals surface area contributed by atoms with E-state index >= 15 is 0 Å². The molecule has 0 saturated heterocycles. The summed E-state index contributed by atoms with van der Waals surface area (Å²) in [4.78, 5) is 4.37. The van der Waals surface area contributed by atoms with Gasteiger partial charge in [-0.3, -0.25) is 0 Å². The van der Waals surface area contributed by atoms with Crippen LogP contribution in [0.4, 0.5) is 5.82 Å². The Labute approximate surface area is 125 Å². The first-order valence-corrected chi connectivity index (χ1v) is 7.04. The maximum Gasteiger partial charge on any atom is 0.172 e. The molecular formula is C16H19N3S. The first-order chi connectivity index (χ1) is 9.56. The normalized spacial score (nSPS) is 11.8. The summed E-state index contributed by atoms with van der Waals surface area (Å²) in [5, 5.41) is 6.98. The van der Waals surface area contributed by atoms with Crippen molar-refractivity contribution in [2.45, 2.75) is 26.8 Å². The van der Waals surface area contributed by atoms with Crippen molar-refractivity contribution in [2.24, 2.45) is 0 Å². The van der Waals surface area contributed by atoms with E-state index in [0.29, 0.717) is 5.11 Å². The van der Waals surface area contributed by atoms with Gasteiger partial charge in [-0.05, 0) is 56.2 Å². The number of anilines is 1. The van der Waals surface area contributed by atoms with Crippen LogP contribution in [0.25, 0.3) is 0 Å². The van der Waals surface area contributed by atoms with Crippen LogP contribution in [0.1, 0.15) is 29.8 Å². The molecule has 0 aliphatic rings. The Kier molecular flexibility index (Phi) is 4.69. The van der Waals surface area contributed by atoms with Gasteiger partial charge in [0, 0.05) is 5.69 Å². The summed E-state index contributed by atoms with van der Waals surface area (Å²) in [6.07, 6.45) is 0. The molecule has 104 valence electrons. The molecule has 1 atom stereocenters. The van der Waals surface area contributed by atoms with Gasteiger partial charge < -0.3 is 10.6 Å². The van der Waals surface area contributed by atoms with Crippen molar-refractivity contribution in [1.29, 1.82) is 0 Å². The van der Waals surface area contributed by atoms with Crippen molar-refractivity contribution in [3.8, 4) is 0 Å². The molecule has 0 radical (unpaired) electrons. The lowest BCUT2D eigenvalue weighted by Crippen LogP contribution is -2.31. The average Bonchev–Trinajstić information content (AvgIpc) is 2.38. The van der Waals surface area contributed by atoms with E-state index in [4.69, 9.17) is 12.2 Å². The van der Waals surface area contributed by atoms with Crippen molar-refractivity contribution in [2.75, 3.05) is 5.32 Å². The molecule has 20 heavy (non-hydrogen) atoms. The molecule has 0 saturated carbocycles. The van der Waals surface area contributed by atoms with Gasteiger partial charge in [-0.2, -0.15) is 0 Å². The van der Waals surface area contributed by atoms with E-state index in [0.717, 1.165) is 11.5 Å². The van der Waals surface area contributed by atoms with Crippen LogP contribution in [-0.2, 0) is 0 Å². The Morgan fingerprint density at radius 1 is 1.10 bits per heavy atom. The van der Waals surface area contributed by atoms with E-state index in [-0.39, 0.29) is 6.04 Å². The fraction of sp³-hybridized carbons (Fsp3) is 0.250. The Balaban J connectivity index is 2.00. The second-order valence-electron chi connectivity index (χ2n) is 4.84. The highest BCUT2D eigenvalue weighted by atomic mass is 32.1. The van der Waals surface area contributed by atoms with Gasteiger partial charge in [0.2, 0.25) is 0 Å². The van der Waals surface area contributed by atoms with Gasteiger partial charge >= 0.3 is 0 Å². The van der Waals surface area contributed by atoms with Crippen LogP contribution in [0.5, 0.6) is 0 Å². The third kappa shape index (κ3) is 3.78. The zero-order valence-electron chi connectivity index (χ0n) is 12.0. The molecule has 0 fully saturated rings. The van der Waals surface area contributed by atoms with Crippen molar-refractivity contribution in [3.63, 3.8) is 0 Å². The van der Waals surface area contributed by atoms with E-state index in [1.165, 1.54) is 11.1 Å². The number of nitrogens with one attached hydrogen (secondary N) is 2. The van der Waals surface area contributed by atoms with Gasteiger partial charge in [-0.1, -0.05) is 30.3 Å². The molecule has 3 nitrogen and oxygen atoms in total. The molecule has 1 aromatic carbocycles. The van der Waals surface area contributed by atoms with Gasteiger partial charge in [0.1, 0.15) is 5.82 Å². The van der Waals surface area contributed by atoms with Crippen LogP contribution in [0, 0.1) is 13.8 Å². The molecule has 0 bridgehead atoms. The Morgan fingerprint density at radius 3 is 2.55 bits per heavy atom. The monoisotopic (exact) mass is 285 g/mol. The topological polar surface area (TPSA) is 37.0 Å². The van der Waals surface area contributed by atoms with Gasteiger partial charge in [0.05, 0.1) is 6.04 Å². The maximum atomic E-state index is 5.34. The summed E-state index contributed by atoms with van der Waals surface area (Å²) < 4.78 is 0. The van der Waals surface area contributed by atoms with Gasteiger partial charge in [-0.25, -0.2) is 4.98 Å². The molecule has 0 spiro atoms. The summed E-state index contributed by atoms with van der Waals surface area (Å²) in [6, 6.07) is 14.3. The van der Waals surface area contributed by atoms with E-state index in [1.54, 1.807) is 0 Å². The average molecular weight is 285 g/mol. The molecule has 0 unspecified atom stereocenters. The third-order valence-electron chi connectivity index (χ3n) is 3.13. The number of nitrogens with zero attached hydrogens (tertiary/aromatic N) is 1. The molecule has 2 rings (SSSR count). The summed E-state index contributed by atoms with van der Waals surface area (Å²) in [5.74, 6) is 0.763. The van der Waals surface area contributed by atoms with Gasteiger partial charge in [0.15, 0.2) is 5.11 Å². The number of rotatable bonds is 3. The Hall–Kier alpha value is -1.94. The molecule has 0 aliphatic carbocycles. The Morgan fingerprint density at radius 2 is 1.85 bits per heavy atom. The quantitative estimate of drug-likeness (QED) is 0.842. The van der Waals surface area contributed by atoms with E-state index in [1.807, 2.05) is 37.3 Å². The zero-order valence-corrected chi connectivity index (χ0v) is 12.8. The fourth-order valence-electron chi connectivity index (χ4n) is 2.11. The van der Waals surface area contributed by atoms with Crippen LogP contribution in [0.2, 0.25) is 0 Å². The molecule has 4 heteroatoms. The lowest BCUT2D eigenvalue weighted by molar-refractivity contribution is 0.717. The molecule has 2 aromatic rings. The smallest absolute Gasteiger partial charge is 0.172 e. The second kappa shape index (κ2) is 6.48. The predicted octanol–water partition coefficient (Wildman–Crippen LogP) is 3.75. The molecule has 2 N–H and O–H groups in total. The number of thiocarbonyl (C=S) groups is 1. The molecular weight excluding hydrogens is 266 g/mol.